The van der Waals surface area contributed by atoms with Gasteiger partial charge in [-0.2, -0.15) is 13.2 Å². The minimum absolute atomic E-state index is 0.0134. The first kappa shape index (κ1) is 25.2. The third-order valence-electron chi connectivity index (χ3n) is 7.78. The van der Waals surface area contributed by atoms with E-state index in [0.29, 0.717) is 31.8 Å². The van der Waals surface area contributed by atoms with Crippen LogP contribution in [0.5, 0.6) is 0 Å². The second kappa shape index (κ2) is 9.91. The first-order valence-electron chi connectivity index (χ1n) is 13.1. The number of rotatable bonds is 4. The van der Waals surface area contributed by atoms with Crippen LogP contribution < -0.4 is 9.80 Å². The van der Waals surface area contributed by atoms with Crippen molar-refractivity contribution in [2.75, 3.05) is 36.0 Å². The van der Waals surface area contributed by atoms with Gasteiger partial charge in [-0.3, -0.25) is 4.79 Å². The van der Waals surface area contributed by atoms with Crippen molar-refractivity contribution in [1.82, 2.24) is 19.4 Å². The van der Waals surface area contributed by atoms with Gasteiger partial charge >= 0.3 is 6.18 Å². The molecule has 4 aromatic rings. The molecule has 0 bridgehead atoms. The average molecular weight is 535 g/mol. The van der Waals surface area contributed by atoms with E-state index in [-0.39, 0.29) is 18.5 Å². The SMILES string of the molecule is C[C@@H]1CN(c2cccc3c2CN(c2ccc(C(F)(F)F)cc2)CC3)CCN1C(=O)Cn1cnc2cccnc21. The van der Waals surface area contributed by atoms with Crippen molar-refractivity contribution in [3.8, 4) is 0 Å². The first-order valence-corrected chi connectivity index (χ1v) is 13.1. The van der Waals surface area contributed by atoms with E-state index in [2.05, 4.69) is 44.9 Å². The first-order chi connectivity index (χ1) is 18.8. The Balaban J connectivity index is 1.16. The number of piperazine rings is 1. The zero-order valence-electron chi connectivity index (χ0n) is 21.6. The summed E-state index contributed by atoms with van der Waals surface area (Å²) >= 11 is 0. The van der Waals surface area contributed by atoms with E-state index in [1.165, 1.54) is 11.1 Å². The molecule has 0 spiro atoms. The molecule has 1 amide bonds. The van der Waals surface area contributed by atoms with Gasteiger partial charge in [0.2, 0.25) is 5.91 Å². The second-order valence-electron chi connectivity index (χ2n) is 10.2. The number of aromatic nitrogens is 3. The van der Waals surface area contributed by atoms with Gasteiger partial charge in [0.25, 0.3) is 0 Å². The van der Waals surface area contributed by atoms with Crippen LogP contribution in [0.2, 0.25) is 0 Å². The Bertz CT molecular complexity index is 1500. The Morgan fingerprint density at radius 3 is 2.56 bits per heavy atom. The number of hydrogen-bond acceptors (Lipinski definition) is 5. The fraction of sp³-hybridized carbons (Fsp3) is 0.345. The molecule has 202 valence electrons. The van der Waals surface area contributed by atoms with Crippen molar-refractivity contribution >= 4 is 28.4 Å². The third kappa shape index (κ3) is 4.91. The maximum absolute atomic E-state index is 13.2. The van der Waals surface area contributed by atoms with Crippen molar-refractivity contribution in [3.05, 3.63) is 83.8 Å². The number of carbonyl (C=O) groups excluding carboxylic acids is 1. The minimum Gasteiger partial charge on any atom is -0.367 e. The third-order valence-corrected chi connectivity index (χ3v) is 7.78. The Labute approximate surface area is 224 Å². The molecule has 0 N–H and O–H groups in total. The van der Waals surface area contributed by atoms with Crippen LogP contribution in [0.15, 0.2) is 67.1 Å². The summed E-state index contributed by atoms with van der Waals surface area (Å²) in [7, 11) is 0. The van der Waals surface area contributed by atoms with Gasteiger partial charge in [-0.1, -0.05) is 12.1 Å². The largest absolute Gasteiger partial charge is 0.416 e. The van der Waals surface area contributed by atoms with E-state index < -0.39 is 11.7 Å². The lowest BCUT2D eigenvalue weighted by Gasteiger charge is -2.43. The van der Waals surface area contributed by atoms with Crippen molar-refractivity contribution in [1.29, 1.82) is 0 Å². The minimum atomic E-state index is -4.34. The van der Waals surface area contributed by atoms with E-state index in [4.69, 9.17) is 0 Å². The highest BCUT2D eigenvalue weighted by molar-refractivity contribution is 5.79. The number of imidazole rings is 1. The molecular weight excluding hydrogens is 505 g/mol. The number of pyridine rings is 1. The quantitative estimate of drug-likeness (QED) is 0.378. The van der Waals surface area contributed by atoms with Gasteiger partial charge in [-0.25, -0.2) is 9.97 Å². The summed E-state index contributed by atoms with van der Waals surface area (Å²) in [6, 6.07) is 15.5. The molecule has 2 aliphatic rings. The molecule has 0 aliphatic carbocycles. The van der Waals surface area contributed by atoms with Crippen LogP contribution in [0.1, 0.15) is 23.6 Å². The molecule has 4 heterocycles. The normalized spacial score (nSPS) is 17.9. The summed E-state index contributed by atoms with van der Waals surface area (Å²) in [5.41, 5.74) is 5.21. The summed E-state index contributed by atoms with van der Waals surface area (Å²) in [6.07, 6.45) is -0.157. The molecule has 1 atom stereocenters. The van der Waals surface area contributed by atoms with Crippen molar-refractivity contribution in [2.45, 2.75) is 38.7 Å². The molecule has 7 nitrogen and oxygen atoms in total. The molecule has 1 saturated heterocycles. The Kier molecular flexibility index (Phi) is 6.40. The lowest BCUT2D eigenvalue weighted by molar-refractivity contribution is -0.137. The van der Waals surface area contributed by atoms with Crippen molar-refractivity contribution in [2.24, 2.45) is 0 Å². The van der Waals surface area contributed by atoms with Crippen molar-refractivity contribution in [3.63, 3.8) is 0 Å². The van der Waals surface area contributed by atoms with Gasteiger partial charge in [0.15, 0.2) is 5.65 Å². The monoisotopic (exact) mass is 534 g/mol. The molecule has 0 unspecified atom stereocenters. The lowest BCUT2D eigenvalue weighted by Crippen LogP contribution is -2.55. The number of carbonyl (C=O) groups is 1. The topological polar surface area (TPSA) is 57.5 Å². The maximum Gasteiger partial charge on any atom is 0.416 e. The second-order valence-corrected chi connectivity index (χ2v) is 10.2. The molecule has 10 heteroatoms. The van der Waals surface area contributed by atoms with E-state index in [9.17, 15) is 18.0 Å². The van der Waals surface area contributed by atoms with E-state index >= 15 is 0 Å². The fourth-order valence-electron chi connectivity index (χ4n) is 5.74. The van der Waals surface area contributed by atoms with Gasteiger partial charge in [0, 0.05) is 56.3 Å². The predicted molar refractivity (Wildman–Crippen MR) is 144 cm³/mol. The standard InChI is InChI=1S/C29H29F3N6O/c1-20-16-36(14-15-38(20)27(39)18-37-19-34-25-5-3-12-33-28(25)37)26-6-2-4-21-11-13-35(17-24(21)26)23-9-7-22(8-10-23)29(30,31)32/h2-10,12,19-20H,11,13-18H2,1H3/t20-/m1/s1. The van der Waals surface area contributed by atoms with Crippen LogP contribution in [0.25, 0.3) is 11.2 Å². The molecule has 0 radical (unpaired) electrons. The summed E-state index contributed by atoms with van der Waals surface area (Å²) in [4.78, 5) is 28.3. The van der Waals surface area contributed by atoms with Gasteiger partial charge in [-0.05, 0) is 66.9 Å². The Morgan fingerprint density at radius 1 is 0.974 bits per heavy atom. The van der Waals surface area contributed by atoms with E-state index in [1.807, 2.05) is 17.0 Å². The van der Waals surface area contributed by atoms with Gasteiger partial charge < -0.3 is 19.3 Å². The summed E-state index contributed by atoms with van der Waals surface area (Å²) in [6.45, 7) is 5.65. The number of alkyl halides is 3. The highest BCUT2D eigenvalue weighted by atomic mass is 19.4. The zero-order valence-corrected chi connectivity index (χ0v) is 21.6. The van der Waals surface area contributed by atoms with Crippen LogP contribution in [-0.2, 0) is 30.5 Å². The molecule has 2 aromatic heterocycles. The molecule has 39 heavy (non-hydrogen) atoms. The highest BCUT2D eigenvalue weighted by Gasteiger charge is 2.32. The summed E-state index contributed by atoms with van der Waals surface area (Å²) in [5, 5.41) is 0. The number of halogens is 3. The number of fused-ring (bicyclic) bond motifs is 2. The molecule has 1 fully saturated rings. The van der Waals surface area contributed by atoms with Crippen LogP contribution in [0.3, 0.4) is 0 Å². The Hall–Kier alpha value is -4.08. The molecule has 0 saturated carbocycles. The van der Waals surface area contributed by atoms with Crippen molar-refractivity contribution < 1.29 is 18.0 Å². The molecule has 6 rings (SSSR count). The zero-order chi connectivity index (χ0) is 27.1. The smallest absolute Gasteiger partial charge is 0.367 e. The number of nitrogens with zero attached hydrogens (tertiary/aromatic N) is 6. The lowest BCUT2D eigenvalue weighted by atomic mass is 9.96. The fourth-order valence-corrected chi connectivity index (χ4v) is 5.74. The predicted octanol–water partition coefficient (Wildman–Crippen LogP) is 4.75. The molecular formula is C29H29F3N6O. The van der Waals surface area contributed by atoms with Gasteiger partial charge in [0.1, 0.15) is 12.1 Å². The number of anilines is 2. The summed E-state index contributed by atoms with van der Waals surface area (Å²) < 4.78 is 40.9. The van der Waals surface area contributed by atoms with Crippen LogP contribution in [0, 0.1) is 0 Å². The van der Waals surface area contributed by atoms with E-state index in [1.54, 1.807) is 29.2 Å². The number of hydrogen-bond donors (Lipinski definition) is 0. The number of benzene rings is 2. The molecule has 2 aliphatic heterocycles. The average Bonchev–Trinajstić information content (AvgIpc) is 3.34. The highest BCUT2D eigenvalue weighted by Crippen LogP contribution is 2.35. The van der Waals surface area contributed by atoms with Crippen LogP contribution in [0.4, 0.5) is 24.5 Å². The summed E-state index contributed by atoms with van der Waals surface area (Å²) in [5.74, 6) is 0.0377. The molecule has 2 aromatic carbocycles. The van der Waals surface area contributed by atoms with Gasteiger partial charge in [-0.15, -0.1) is 0 Å². The van der Waals surface area contributed by atoms with Crippen LogP contribution >= 0.6 is 0 Å². The van der Waals surface area contributed by atoms with Gasteiger partial charge in [0.05, 0.1) is 11.9 Å². The maximum atomic E-state index is 13.2. The van der Waals surface area contributed by atoms with Crippen LogP contribution in [-0.4, -0.2) is 57.6 Å². The Morgan fingerprint density at radius 2 is 1.79 bits per heavy atom. The van der Waals surface area contributed by atoms with E-state index in [0.717, 1.165) is 42.0 Å². The number of amides is 1.